The fourth-order valence-electron chi connectivity index (χ4n) is 1.25. The molecule has 1 N–H and O–H groups in total. The largest absolute Gasteiger partial charge is 0.464 e. The number of nitrogens with one attached hydrogen (secondary N) is 1. The highest BCUT2D eigenvalue weighted by Crippen LogP contribution is 2.11. The molecule has 0 radical (unpaired) electrons. The van der Waals surface area contributed by atoms with Crippen LogP contribution >= 0.6 is 0 Å². The molecule has 0 heterocycles. The van der Waals surface area contributed by atoms with Crippen molar-refractivity contribution in [2.24, 2.45) is 0 Å². The van der Waals surface area contributed by atoms with E-state index in [-0.39, 0.29) is 5.97 Å². The Balaban J connectivity index is 2.66. The average molecular weight is 218 g/mol. The number of hydrogen-bond donors (Lipinski definition) is 1. The van der Waals surface area contributed by atoms with E-state index >= 15 is 0 Å². The topological polar surface area (TPSA) is 62.1 Å². The van der Waals surface area contributed by atoms with E-state index in [1.165, 1.54) is 0 Å². The zero-order chi connectivity index (χ0) is 12.0. The van der Waals surface area contributed by atoms with Crippen molar-refractivity contribution in [2.45, 2.75) is 19.9 Å². The van der Waals surface area contributed by atoms with E-state index in [0.29, 0.717) is 12.2 Å². The zero-order valence-corrected chi connectivity index (χ0v) is 9.36. The number of hydrogen-bond acceptors (Lipinski definition) is 4. The molecule has 0 bridgehead atoms. The Morgan fingerprint density at radius 3 is 3.00 bits per heavy atom. The minimum Gasteiger partial charge on any atom is -0.464 e. The van der Waals surface area contributed by atoms with E-state index in [2.05, 4.69) is 5.32 Å². The molecule has 1 atom stereocenters. The molecule has 0 saturated heterocycles. The summed E-state index contributed by atoms with van der Waals surface area (Å²) in [6.07, 6.45) is 0. The summed E-state index contributed by atoms with van der Waals surface area (Å²) in [5, 5.41) is 11.7. The number of esters is 1. The molecule has 1 aromatic carbocycles. The second-order valence-corrected chi connectivity index (χ2v) is 3.31. The van der Waals surface area contributed by atoms with Crippen LogP contribution < -0.4 is 5.32 Å². The summed E-state index contributed by atoms with van der Waals surface area (Å²) in [4.78, 5) is 11.4. The molecule has 1 rings (SSSR count). The molecular formula is C12H14N2O2. The van der Waals surface area contributed by atoms with Crippen LogP contribution in [0.1, 0.15) is 19.4 Å². The first-order valence-corrected chi connectivity index (χ1v) is 5.10. The summed E-state index contributed by atoms with van der Waals surface area (Å²) in [6, 6.07) is 8.58. The van der Waals surface area contributed by atoms with Gasteiger partial charge in [0, 0.05) is 5.69 Å². The standard InChI is InChI=1S/C12H14N2O2/c1-3-16-12(15)9(2)14-11-6-4-5-10(7-11)8-13/h4-7,9,14H,3H2,1-2H3. The number of anilines is 1. The van der Waals surface area contributed by atoms with Gasteiger partial charge in [-0.3, -0.25) is 0 Å². The van der Waals surface area contributed by atoms with Crippen molar-refractivity contribution in [1.29, 1.82) is 5.26 Å². The SMILES string of the molecule is CCOC(=O)C(C)Nc1cccc(C#N)c1. The van der Waals surface area contributed by atoms with Gasteiger partial charge in [-0.05, 0) is 32.0 Å². The number of benzene rings is 1. The van der Waals surface area contributed by atoms with Crippen LogP contribution in [0.3, 0.4) is 0 Å². The van der Waals surface area contributed by atoms with Crippen molar-refractivity contribution in [1.82, 2.24) is 0 Å². The lowest BCUT2D eigenvalue weighted by Gasteiger charge is -2.13. The number of nitrogens with zero attached hydrogens (tertiary/aromatic N) is 1. The number of rotatable bonds is 4. The van der Waals surface area contributed by atoms with Crippen LogP contribution in [0.15, 0.2) is 24.3 Å². The van der Waals surface area contributed by atoms with Crippen LogP contribution in [0.2, 0.25) is 0 Å². The molecule has 0 aromatic heterocycles. The minimum atomic E-state index is -0.422. The third-order valence-electron chi connectivity index (χ3n) is 2.01. The maximum Gasteiger partial charge on any atom is 0.328 e. The van der Waals surface area contributed by atoms with E-state index in [0.717, 1.165) is 5.69 Å². The normalized spacial score (nSPS) is 11.3. The molecule has 4 heteroatoms. The lowest BCUT2D eigenvalue weighted by Crippen LogP contribution is -2.28. The summed E-state index contributed by atoms with van der Waals surface area (Å²) in [7, 11) is 0. The van der Waals surface area contributed by atoms with Gasteiger partial charge in [-0.1, -0.05) is 6.07 Å². The van der Waals surface area contributed by atoms with E-state index in [4.69, 9.17) is 10.00 Å². The van der Waals surface area contributed by atoms with Crippen LogP contribution in [-0.4, -0.2) is 18.6 Å². The predicted molar refractivity (Wildman–Crippen MR) is 60.9 cm³/mol. The third kappa shape index (κ3) is 3.28. The van der Waals surface area contributed by atoms with E-state index in [9.17, 15) is 4.79 Å². The number of ether oxygens (including phenoxy) is 1. The molecule has 1 unspecified atom stereocenters. The highest BCUT2D eigenvalue weighted by atomic mass is 16.5. The molecule has 1 aromatic rings. The quantitative estimate of drug-likeness (QED) is 0.784. The summed E-state index contributed by atoms with van der Waals surface area (Å²) < 4.78 is 4.87. The number of nitriles is 1. The Morgan fingerprint density at radius 1 is 1.62 bits per heavy atom. The van der Waals surface area contributed by atoms with Gasteiger partial charge in [-0.25, -0.2) is 4.79 Å². The second kappa shape index (κ2) is 5.76. The van der Waals surface area contributed by atoms with Gasteiger partial charge in [0.15, 0.2) is 0 Å². The second-order valence-electron chi connectivity index (χ2n) is 3.31. The van der Waals surface area contributed by atoms with Gasteiger partial charge in [0.25, 0.3) is 0 Å². The molecule has 84 valence electrons. The van der Waals surface area contributed by atoms with E-state index < -0.39 is 6.04 Å². The lowest BCUT2D eigenvalue weighted by atomic mass is 10.2. The molecular weight excluding hydrogens is 204 g/mol. The van der Waals surface area contributed by atoms with Gasteiger partial charge in [-0.15, -0.1) is 0 Å². The first kappa shape index (κ1) is 12.1. The summed E-state index contributed by atoms with van der Waals surface area (Å²) in [5.41, 5.74) is 1.29. The van der Waals surface area contributed by atoms with Crippen LogP contribution in [0.25, 0.3) is 0 Å². The first-order chi connectivity index (χ1) is 7.67. The maximum atomic E-state index is 11.4. The Hall–Kier alpha value is -2.02. The highest BCUT2D eigenvalue weighted by Gasteiger charge is 2.13. The average Bonchev–Trinajstić information content (AvgIpc) is 2.29. The summed E-state index contributed by atoms with van der Waals surface area (Å²) in [5.74, 6) is -0.301. The van der Waals surface area contributed by atoms with Crippen molar-refractivity contribution in [3.05, 3.63) is 29.8 Å². The van der Waals surface area contributed by atoms with Crippen LogP contribution in [0.5, 0.6) is 0 Å². The van der Waals surface area contributed by atoms with Crippen molar-refractivity contribution in [2.75, 3.05) is 11.9 Å². The molecule has 4 nitrogen and oxygen atoms in total. The predicted octanol–water partition coefficient (Wildman–Crippen LogP) is 1.92. The van der Waals surface area contributed by atoms with Crippen LogP contribution in [0, 0.1) is 11.3 Å². The molecule has 0 aliphatic rings. The highest BCUT2D eigenvalue weighted by molar-refractivity contribution is 5.78. The first-order valence-electron chi connectivity index (χ1n) is 5.10. The summed E-state index contributed by atoms with van der Waals surface area (Å²) in [6.45, 7) is 3.85. The molecule has 0 fully saturated rings. The molecule has 0 saturated carbocycles. The molecule has 0 spiro atoms. The summed E-state index contributed by atoms with van der Waals surface area (Å²) >= 11 is 0. The Morgan fingerprint density at radius 2 is 2.38 bits per heavy atom. The van der Waals surface area contributed by atoms with E-state index in [1.807, 2.05) is 6.07 Å². The Labute approximate surface area is 94.8 Å². The van der Waals surface area contributed by atoms with Gasteiger partial charge in [-0.2, -0.15) is 5.26 Å². The third-order valence-corrected chi connectivity index (χ3v) is 2.01. The molecule has 0 aliphatic heterocycles. The van der Waals surface area contributed by atoms with Gasteiger partial charge >= 0.3 is 5.97 Å². The number of carbonyl (C=O) groups is 1. The Bertz CT molecular complexity index is 410. The van der Waals surface area contributed by atoms with Crippen LogP contribution in [0.4, 0.5) is 5.69 Å². The van der Waals surface area contributed by atoms with Crippen molar-refractivity contribution in [3.8, 4) is 6.07 Å². The number of carbonyl (C=O) groups excluding carboxylic acids is 1. The van der Waals surface area contributed by atoms with Gasteiger partial charge in [0.05, 0.1) is 18.2 Å². The molecule has 16 heavy (non-hydrogen) atoms. The minimum absolute atomic E-state index is 0.301. The van der Waals surface area contributed by atoms with Gasteiger partial charge in [0.2, 0.25) is 0 Å². The monoisotopic (exact) mass is 218 g/mol. The van der Waals surface area contributed by atoms with Crippen molar-refractivity contribution < 1.29 is 9.53 Å². The van der Waals surface area contributed by atoms with Gasteiger partial charge < -0.3 is 10.1 Å². The van der Waals surface area contributed by atoms with Gasteiger partial charge in [0.1, 0.15) is 6.04 Å². The smallest absolute Gasteiger partial charge is 0.328 e. The molecule has 0 aliphatic carbocycles. The van der Waals surface area contributed by atoms with Crippen molar-refractivity contribution in [3.63, 3.8) is 0 Å². The van der Waals surface area contributed by atoms with E-state index in [1.54, 1.807) is 38.1 Å². The lowest BCUT2D eigenvalue weighted by molar-refractivity contribution is -0.143. The van der Waals surface area contributed by atoms with Crippen LogP contribution in [-0.2, 0) is 9.53 Å². The zero-order valence-electron chi connectivity index (χ0n) is 9.36. The maximum absolute atomic E-state index is 11.4. The Kier molecular flexibility index (Phi) is 4.34. The van der Waals surface area contributed by atoms with Crippen molar-refractivity contribution >= 4 is 11.7 Å². The fraction of sp³-hybridized carbons (Fsp3) is 0.333. The fourth-order valence-corrected chi connectivity index (χ4v) is 1.25. The molecule has 0 amide bonds.